The van der Waals surface area contributed by atoms with Crippen LogP contribution in [-0.2, 0) is 4.74 Å². The molecule has 0 spiro atoms. The highest BCUT2D eigenvalue weighted by Crippen LogP contribution is 2.20. The lowest BCUT2D eigenvalue weighted by atomic mass is 9.97. The van der Waals surface area contributed by atoms with Gasteiger partial charge in [-0.2, -0.15) is 0 Å². The summed E-state index contributed by atoms with van der Waals surface area (Å²) in [6.07, 6.45) is 2.51. The number of hydrogen-bond acceptors (Lipinski definition) is 4. The molecule has 1 heterocycles. The van der Waals surface area contributed by atoms with Gasteiger partial charge in [-0.05, 0) is 69.6 Å². The molecule has 1 aliphatic heterocycles. The lowest BCUT2D eigenvalue weighted by Gasteiger charge is -2.29. The highest BCUT2D eigenvalue weighted by molar-refractivity contribution is 5.90. The van der Waals surface area contributed by atoms with Gasteiger partial charge in [0.2, 0.25) is 0 Å². The van der Waals surface area contributed by atoms with Gasteiger partial charge in [0.1, 0.15) is 0 Å². The predicted molar refractivity (Wildman–Crippen MR) is 81.2 cm³/mol. The Morgan fingerprint density at radius 3 is 2.70 bits per heavy atom. The van der Waals surface area contributed by atoms with Crippen LogP contribution in [0.5, 0.6) is 0 Å². The summed E-state index contributed by atoms with van der Waals surface area (Å²) in [7, 11) is 3.59. The topological polar surface area (TPSA) is 41.6 Å². The zero-order valence-corrected chi connectivity index (χ0v) is 12.6. The average molecular weight is 276 g/mol. The van der Waals surface area contributed by atoms with Crippen molar-refractivity contribution < 1.29 is 9.53 Å². The molecule has 4 heteroatoms. The van der Waals surface area contributed by atoms with Crippen molar-refractivity contribution in [1.29, 1.82) is 0 Å². The van der Waals surface area contributed by atoms with Crippen LogP contribution in [0.15, 0.2) is 18.2 Å². The number of methoxy groups -OCH3 is 1. The molecule has 0 unspecified atom stereocenters. The first kappa shape index (κ1) is 14.9. The van der Waals surface area contributed by atoms with Gasteiger partial charge < -0.3 is 15.0 Å². The molecular weight excluding hydrogens is 252 g/mol. The normalized spacial score (nSPS) is 16.9. The quantitative estimate of drug-likeness (QED) is 0.858. The van der Waals surface area contributed by atoms with Crippen LogP contribution in [0.3, 0.4) is 0 Å². The molecule has 1 aromatic carbocycles. The summed E-state index contributed by atoms with van der Waals surface area (Å²) < 4.78 is 4.73. The number of carbonyl (C=O) groups excluding carboxylic acids is 1. The number of carbonyl (C=O) groups is 1. The first-order valence-electron chi connectivity index (χ1n) is 7.21. The van der Waals surface area contributed by atoms with Crippen molar-refractivity contribution >= 4 is 11.7 Å². The van der Waals surface area contributed by atoms with E-state index in [9.17, 15) is 4.79 Å². The number of anilines is 1. The van der Waals surface area contributed by atoms with E-state index in [1.165, 1.54) is 33.0 Å². The maximum absolute atomic E-state index is 11.5. The fourth-order valence-electron chi connectivity index (χ4n) is 2.63. The van der Waals surface area contributed by atoms with Crippen LogP contribution in [0.2, 0.25) is 0 Å². The summed E-state index contributed by atoms with van der Waals surface area (Å²) in [5.74, 6) is 0.459. The van der Waals surface area contributed by atoms with Gasteiger partial charge >= 0.3 is 5.97 Å². The van der Waals surface area contributed by atoms with Crippen molar-refractivity contribution in [3.8, 4) is 0 Å². The van der Waals surface area contributed by atoms with E-state index in [1.807, 2.05) is 25.1 Å². The Balaban J connectivity index is 1.91. The standard InChI is InChI=1S/C16H24N2O2/c1-12-10-14(16(19)20-3)4-5-15(12)17-11-13-6-8-18(2)9-7-13/h4-5,10,13,17H,6-9,11H2,1-3H3. The largest absolute Gasteiger partial charge is 0.465 e. The van der Waals surface area contributed by atoms with Gasteiger partial charge in [0.15, 0.2) is 0 Å². The molecule has 0 aromatic heterocycles. The van der Waals surface area contributed by atoms with Gasteiger partial charge in [-0.15, -0.1) is 0 Å². The molecule has 1 saturated heterocycles. The lowest BCUT2D eigenvalue weighted by Crippen LogP contribution is -2.33. The number of nitrogens with one attached hydrogen (secondary N) is 1. The number of ether oxygens (including phenoxy) is 1. The van der Waals surface area contributed by atoms with Crippen LogP contribution in [0, 0.1) is 12.8 Å². The third-order valence-electron chi connectivity index (χ3n) is 4.07. The molecule has 0 atom stereocenters. The summed E-state index contributed by atoms with van der Waals surface area (Å²) in [4.78, 5) is 13.8. The van der Waals surface area contributed by atoms with E-state index < -0.39 is 0 Å². The lowest BCUT2D eigenvalue weighted by molar-refractivity contribution is 0.0600. The van der Waals surface area contributed by atoms with Gasteiger partial charge in [0.25, 0.3) is 0 Å². The molecule has 110 valence electrons. The Labute approximate surface area is 121 Å². The predicted octanol–water partition coefficient (Wildman–Crippen LogP) is 2.54. The summed E-state index contributed by atoms with van der Waals surface area (Å²) >= 11 is 0. The molecule has 0 aliphatic carbocycles. The number of likely N-dealkylation sites (tertiary alicyclic amines) is 1. The number of piperidine rings is 1. The van der Waals surface area contributed by atoms with Crippen molar-refractivity contribution in [2.75, 3.05) is 39.1 Å². The van der Waals surface area contributed by atoms with E-state index in [2.05, 4.69) is 17.3 Å². The first-order valence-corrected chi connectivity index (χ1v) is 7.21. The van der Waals surface area contributed by atoms with Gasteiger partial charge in [-0.25, -0.2) is 4.79 Å². The number of esters is 1. The molecule has 1 aromatic rings. The summed E-state index contributed by atoms with van der Waals surface area (Å²) in [6.45, 7) is 5.40. The highest BCUT2D eigenvalue weighted by atomic mass is 16.5. The molecule has 2 rings (SSSR count). The minimum absolute atomic E-state index is 0.282. The van der Waals surface area contributed by atoms with E-state index in [0.29, 0.717) is 5.56 Å². The van der Waals surface area contributed by atoms with Gasteiger partial charge in [-0.3, -0.25) is 0 Å². The van der Waals surface area contributed by atoms with Crippen molar-refractivity contribution in [3.05, 3.63) is 29.3 Å². The van der Waals surface area contributed by atoms with Gasteiger partial charge in [0, 0.05) is 12.2 Å². The van der Waals surface area contributed by atoms with E-state index in [0.717, 1.165) is 23.7 Å². The van der Waals surface area contributed by atoms with Crippen LogP contribution in [0.1, 0.15) is 28.8 Å². The van der Waals surface area contributed by atoms with E-state index in [4.69, 9.17) is 4.74 Å². The van der Waals surface area contributed by atoms with E-state index >= 15 is 0 Å². The van der Waals surface area contributed by atoms with Crippen LogP contribution in [0.4, 0.5) is 5.69 Å². The molecule has 1 N–H and O–H groups in total. The molecule has 0 bridgehead atoms. The zero-order chi connectivity index (χ0) is 14.5. The average Bonchev–Trinajstić information content (AvgIpc) is 2.46. The summed E-state index contributed by atoms with van der Waals surface area (Å²) in [6, 6.07) is 5.66. The zero-order valence-electron chi connectivity index (χ0n) is 12.6. The summed E-state index contributed by atoms with van der Waals surface area (Å²) in [5.41, 5.74) is 2.80. The summed E-state index contributed by atoms with van der Waals surface area (Å²) in [5, 5.41) is 3.51. The molecule has 0 amide bonds. The van der Waals surface area contributed by atoms with Crippen molar-refractivity contribution in [1.82, 2.24) is 4.90 Å². The van der Waals surface area contributed by atoms with Gasteiger partial charge in [0.05, 0.1) is 12.7 Å². The number of benzene rings is 1. The molecule has 0 radical (unpaired) electrons. The Morgan fingerprint density at radius 2 is 2.10 bits per heavy atom. The molecule has 20 heavy (non-hydrogen) atoms. The van der Waals surface area contributed by atoms with Crippen molar-refractivity contribution in [2.24, 2.45) is 5.92 Å². The van der Waals surface area contributed by atoms with Gasteiger partial charge in [-0.1, -0.05) is 0 Å². The van der Waals surface area contributed by atoms with E-state index in [1.54, 1.807) is 0 Å². The maximum atomic E-state index is 11.5. The SMILES string of the molecule is COC(=O)c1ccc(NCC2CCN(C)CC2)c(C)c1. The smallest absolute Gasteiger partial charge is 0.337 e. The number of rotatable bonds is 4. The monoisotopic (exact) mass is 276 g/mol. The number of aryl methyl sites for hydroxylation is 1. The second-order valence-electron chi connectivity index (χ2n) is 5.65. The second kappa shape index (κ2) is 6.75. The molecule has 4 nitrogen and oxygen atoms in total. The minimum Gasteiger partial charge on any atom is -0.465 e. The van der Waals surface area contributed by atoms with Crippen LogP contribution >= 0.6 is 0 Å². The maximum Gasteiger partial charge on any atom is 0.337 e. The van der Waals surface area contributed by atoms with Crippen molar-refractivity contribution in [3.63, 3.8) is 0 Å². The van der Waals surface area contributed by atoms with Crippen LogP contribution in [0.25, 0.3) is 0 Å². The van der Waals surface area contributed by atoms with Crippen molar-refractivity contribution in [2.45, 2.75) is 19.8 Å². The molecule has 0 saturated carbocycles. The number of hydrogen-bond donors (Lipinski definition) is 1. The minimum atomic E-state index is -0.282. The Hall–Kier alpha value is -1.55. The van der Waals surface area contributed by atoms with Crippen LogP contribution in [-0.4, -0.2) is 44.7 Å². The Bertz CT molecular complexity index is 466. The number of nitrogens with zero attached hydrogens (tertiary/aromatic N) is 1. The fourth-order valence-corrected chi connectivity index (χ4v) is 2.63. The molecule has 1 fully saturated rings. The fraction of sp³-hybridized carbons (Fsp3) is 0.562. The Kier molecular flexibility index (Phi) is 5.01. The Morgan fingerprint density at radius 1 is 1.40 bits per heavy atom. The highest BCUT2D eigenvalue weighted by Gasteiger charge is 2.16. The second-order valence-corrected chi connectivity index (χ2v) is 5.65. The molecule has 1 aliphatic rings. The van der Waals surface area contributed by atoms with Crippen LogP contribution < -0.4 is 5.32 Å². The molecular formula is C16H24N2O2. The third-order valence-corrected chi connectivity index (χ3v) is 4.07. The van der Waals surface area contributed by atoms with E-state index in [-0.39, 0.29) is 5.97 Å². The first-order chi connectivity index (χ1) is 9.60. The third kappa shape index (κ3) is 3.73.